The SMILES string of the molecule is CC1(N)CCCCC1C(=O)NCc1cc(-c2ccccc2)no1. The maximum atomic E-state index is 12.4. The summed E-state index contributed by atoms with van der Waals surface area (Å²) in [5.41, 5.74) is 7.63. The number of hydrogen-bond acceptors (Lipinski definition) is 4. The predicted molar refractivity (Wildman–Crippen MR) is 88.3 cm³/mol. The third kappa shape index (κ3) is 3.62. The van der Waals surface area contributed by atoms with E-state index in [0.29, 0.717) is 12.3 Å². The molecule has 1 heterocycles. The third-order valence-corrected chi connectivity index (χ3v) is 4.64. The van der Waals surface area contributed by atoms with Crippen LogP contribution in [0.2, 0.25) is 0 Å². The number of aromatic nitrogens is 1. The van der Waals surface area contributed by atoms with Gasteiger partial charge in [-0.2, -0.15) is 0 Å². The highest BCUT2D eigenvalue weighted by molar-refractivity contribution is 5.80. The number of amides is 1. The maximum absolute atomic E-state index is 12.4. The van der Waals surface area contributed by atoms with Gasteiger partial charge in [0.15, 0.2) is 5.76 Å². The second-order valence-electron chi connectivity index (χ2n) is 6.57. The number of rotatable bonds is 4. The summed E-state index contributed by atoms with van der Waals surface area (Å²) in [5.74, 6) is 0.520. The van der Waals surface area contributed by atoms with Gasteiger partial charge < -0.3 is 15.6 Å². The Hall–Kier alpha value is -2.14. The van der Waals surface area contributed by atoms with Crippen LogP contribution in [-0.2, 0) is 11.3 Å². The van der Waals surface area contributed by atoms with Crippen LogP contribution in [-0.4, -0.2) is 16.6 Å². The molecule has 1 aromatic heterocycles. The van der Waals surface area contributed by atoms with Crippen molar-refractivity contribution < 1.29 is 9.32 Å². The molecule has 5 nitrogen and oxygen atoms in total. The van der Waals surface area contributed by atoms with E-state index < -0.39 is 5.54 Å². The Balaban J connectivity index is 1.60. The lowest BCUT2D eigenvalue weighted by Gasteiger charge is -2.37. The standard InChI is InChI=1S/C18H23N3O2/c1-18(19)10-6-5-9-15(18)17(22)20-12-14-11-16(21-23-14)13-7-3-2-4-8-13/h2-4,7-8,11,15H,5-6,9-10,12,19H2,1H3,(H,20,22). The van der Waals surface area contributed by atoms with Crippen LogP contribution < -0.4 is 11.1 Å². The highest BCUT2D eigenvalue weighted by Crippen LogP contribution is 2.31. The van der Waals surface area contributed by atoms with Crippen molar-refractivity contribution in [3.63, 3.8) is 0 Å². The van der Waals surface area contributed by atoms with E-state index >= 15 is 0 Å². The van der Waals surface area contributed by atoms with Gasteiger partial charge in [-0.1, -0.05) is 48.3 Å². The second-order valence-corrected chi connectivity index (χ2v) is 6.57. The zero-order valence-corrected chi connectivity index (χ0v) is 13.4. The van der Waals surface area contributed by atoms with Crippen LogP contribution >= 0.6 is 0 Å². The molecule has 3 N–H and O–H groups in total. The molecule has 2 aromatic rings. The summed E-state index contributed by atoms with van der Waals surface area (Å²) in [6.45, 7) is 2.31. The molecule has 23 heavy (non-hydrogen) atoms. The van der Waals surface area contributed by atoms with Crippen LogP contribution in [0.5, 0.6) is 0 Å². The number of benzene rings is 1. The van der Waals surface area contributed by atoms with Crippen LogP contribution in [0.1, 0.15) is 38.4 Å². The fourth-order valence-corrected chi connectivity index (χ4v) is 3.23. The number of carbonyl (C=O) groups excluding carboxylic acids is 1. The molecule has 1 aliphatic rings. The van der Waals surface area contributed by atoms with Gasteiger partial charge in [0.05, 0.1) is 12.5 Å². The Morgan fingerprint density at radius 3 is 2.91 bits per heavy atom. The quantitative estimate of drug-likeness (QED) is 0.909. The van der Waals surface area contributed by atoms with Crippen LogP contribution in [0.15, 0.2) is 40.9 Å². The van der Waals surface area contributed by atoms with Crippen LogP contribution in [0.25, 0.3) is 11.3 Å². The van der Waals surface area contributed by atoms with Crippen molar-refractivity contribution in [2.45, 2.75) is 44.7 Å². The first kappa shape index (κ1) is 15.7. The molecule has 0 radical (unpaired) electrons. The van der Waals surface area contributed by atoms with E-state index in [1.165, 1.54) is 0 Å². The lowest BCUT2D eigenvalue weighted by molar-refractivity contribution is -0.128. The highest BCUT2D eigenvalue weighted by atomic mass is 16.5. The molecule has 0 saturated heterocycles. The number of nitrogens with two attached hydrogens (primary N) is 1. The van der Waals surface area contributed by atoms with Gasteiger partial charge in [-0.05, 0) is 19.8 Å². The summed E-state index contributed by atoms with van der Waals surface area (Å²) in [5, 5.41) is 6.99. The Morgan fingerprint density at radius 2 is 2.17 bits per heavy atom. The number of nitrogens with one attached hydrogen (secondary N) is 1. The third-order valence-electron chi connectivity index (χ3n) is 4.64. The summed E-state index contributed by atoms with van der Waals surface area (Å²) in [6, 6.07) is 11.7. The van der Waals surface area contributed by atoms with Gasteiger partial charge in [0.2, 0.25) is 5.91 Å². The molecule has 1 aromatic carbocycles. The molecule has 0 bridgehead atoms. The Bertz CT molecular complexity index is 664. The topological polar surface area (TPSA) is 81.2 Å². The first-order valence-corrected chi connectivity index (χ1v) is 8.14. The summed E-state index contributed by atoms with van der Waals surface area (Å²) >= 11 is 0. The smallest absolute Gasteiger partial charge is 0.225 e. The van der Waals surface area contributed by atoms with Crippen LogP contribution in [0.4, 0.5) is 0 Å². The minimum absolute atomic E-state index is 0.00682. The van der Waals surface area contributed by atoms with E-state index in [2.05, 4.69) is 10.5 Å². The van der Waals surface area contributed by atoms with Crippen molar-refractivity contribution in [1.29, 1.82) is 0 Å². The van der Waals surface area contributed by atoms with E-state index in [-0.39, 0.29) is 11.8 Å². The van der Waals surface area contributed by atoms with Crippen molar-refractivity contribution in [2.24, 2.45) is 11.7 Å². The fourth-order valence-electron chi connectivity index (χ4n) is 3.23. The van der Waals surface area contributed by atoms with Gasteiger partial charge in [-0.25, -0.2) is 0 Å². The summed E-state index contributed by atoms with van der Waals surface area (Å²) in [7, 11) is 0. The molecule has 1 saturated carbocycles. The van der Waals surface area contributed by atoms with Crippen LogP contribution in [0.3, 0.4) is 0 Å². The molecule has 3 rings (SSSR count). The van der Waals surface area contributed by atoms with E-state index in [9.17, 15) is 4.79 Å². The normalized spacial score (nSPS) is 24.3. The van der Waals surface area contributed by atoms with Crippen LogP contribution in [0, 0.1) is 5.92 Å². The highest BCUT2D eigenvalue weighted by Gasteiger charge is 2.37. The molecule has 0 aliphatic heterocycles. The lowest BCUT2D eigenvalue weighted by Crippen LogP contribution is -2.52. The van der Waals surface area contributed by atoms with Crippen molar-refractivity contribution >= 4 is 5.91 Å². The number of nitrogens with zero attached hydrogens (tertiary/aromatic N) is 1. The fraction of sp³-hybridized carbons (Fsp3) is 0.444. The zero-order valence-electron chi connectivity index (χ0n) is 13.4. The van der Waals surface area contributed by atoms with Crippen molar-refractivity contribution in [3.05, 3.63) is 42.2 Å². The first-order chi connectivity index (χ1) is 11.1. The molecular formula is C18H23N3O2. The Labute approximate surface area is 136 Å². The largest absolute Gasteiger partial charge is 0.359 e. The van der Waals surface area contributed by atoms with Gasteiger partial charge >= 0.3 is 0 Å². The molecule has 1 amide bonds. The molecule has 1 aliphatic carbocycles. The minimum atomic E-state index is -0.418. The average Bonchev–Trinajstić information content (AvgIpc) is 3.02. The van der Waals surface area contributed by atoms with Gasteiger partial charge in [0.1, 0.15) is 5.69 Å². The lowest BCUT2D eigenvalue weighted by atomic mass is 9.74. The van der Waals surface area contributed by atoms with E-state index in [1.807, 2.05) is 43.3 Å². The van der Waals surface area contributed by atoms with Gasteiger partial charge in [-0.3, -0.25) is 4.79 Å². The molecule has 122 valence electrons. The van der Waals surface area contributed by atoms with E-state index in [0.717, 1.165) is 36.9 Å². The predicted octanol–water partition coefficient (Wildman–Crippen LogP) is 2.87. The molecule has 0 spiro atoms. The second kappa shape index (κ2) is 6.54. The van der Waals surface area contributed by atoms with Crippen molar-refractivity contribution in [3.8, 4) is 11.3 Å². The van der Waals surface area contributed by atoms with Gasteiger partial charge in [0, 0.05) is 17.2 Å². The molecule has 5 heteroatoms. The molecule has 1 fully saturated rings. The summed E-state index contributed by atoms with van der Waals surface area (Å²) in [6.07, 6.45) is 3.90. The monoisotopic (exact) mass is 313 g/mol. The zero-order chi connectivity index (χ0) is 16.3. The average molecular weight is 313 g/mol. The van der Waals surface area contributed by atoms with Crippen molar-refractivity contribution in [1.82, 2.24) is 10.5 Å². The Morgan fingerprint density at radius 1 is 1.39 bits per heavy atom. The van der Waals surface area contributed by atoms with Crippen molar-refractivity contribution in [2.75, 3.05) is 0 Å². The minimum Gasteiger partial charge on any atom is -0.359 e. The number of hydrogen-bond donors (Lipinski definition) is 2. The summed E-state index contributed by atoms with van der Waals surface area (Å²) in [4.78, 5) is 12.4. The maximum Gasteiger partial charge on any atom is 0.225 e. The van der Waals surface area contributed by atoms with Gasteiger partial charge in [0.25, 0.3) is 0 Å². The summed E-state index contributed by atoms with van der Waals surface area (Å²) < 4.78 is 5.31. The van der Waals surface area contributed by atoms with Gasteiger partial charge in [-0.15, -0.1) is 0 Å². The molecular weight excluding hydrogens is 290 g/mol. The number of carbonyl (C=O) groups is 1. The molecule has 2 unspecified atom stereocenters. The first-order valence-electron chi connectivity index (χ1n) is 8.14. The van der Waals surface area contributed by atoms with E-state index in [1.54, 1.807) is 0 Å². The van der Waals surface area contributed by atoms with E-state index in [4.69, 9.17) is 10.3 Å². The Kier molecular flexibility index (Phi) is 4.48. The molecule has 2 atom stereocenters.